The van der Waals surface area contributed by atoms with Gasteiger partial charge < -0.3 is 4.90 Å². The van der Waals surface area contributed by atoms with Crippen LogP contribution in [0.3, 0.4) is 0 Å². The SMILES string of the molecule is CCN(C)c1ccccc1N=Nc1n(C)cc[n+]1C. The lowest BCUT2D eigenvalue weighted by atomic mass is 10.2. The normalized spacial score (nSPS) is 11.2. The van der Waals surface area contributed by atoms with E-state index in [2.05, 4.69) is 35.2 Å². The topological polar surface area (TPSA) is 36.8 Å². The van der Waals surface area contributed by atoms with E-state index in [1.807, 2.05) is 53.8 Å². The summed E-state index contributed by atoms with van der Waals surface area (Å²) in [5.41, 5.74) is 1.97. The molecule has 0 N–H and O–H groups in total. The Balaban J connectivity index is 2.34. The molecule has 0 aliphatic heterocycles. The van der Waals surface area contributed by atoms with Gasteiger partial charge in [0.2, 0.25) is 0 Å². The highest BCUT2D eigenvalue weighted by Gasteiger charge is 2.11. The predicted octanol–water partition coefficient (Wildman–Crippen LogP) is 2.72. The molecule has 0 bridgehead atoms. The molecule has 1 aromatic heterocycles. The lowest BCUT2D eigenvalue weighted by molar-refractivity contribution is -0.657. The van der Waals surface area contributed by atoms with Crippen LogP contribution in [0.1, 0.15) is 6.92 Å². The van der Waals surface area contributed by atoms with E-state index in [1.165, 1.54) is 0 Å². The maximum absolute atomic E-state index is 4.38. The Bertz CT molecular complexity index is 566. The zero-order chi connectivity index (χ0) is 13.8. The van der Waals surface area contributed by atoms with Gasteiger partial charge in [0.1, 0.15) is 5.69 Å². The predicted molar refractivity (Wildman–Crippen MR) is 76.2 cm³/mol. The molecule has 0 radical (unpaired) electrons. The van der Waals surface area contributed by atoms with Crippen molar-refractivity contribution in [1.82, 2.24) is 4.57 Å². The summed E-state index contributed by atoms with van der Waals surface area (Å²) in [5, 5.41) is 8.72. The molecule has 100 valence electrons. The van der Waals surface area contributed by atoms with Crippen LogP contribution in [-0.2, 0) is 14.1 Å². The van der Waals surface area contributed by atoms with Crippen LogP contribution in [-0.4, -0.2) is 18.2 Å². The van der Waals surface area contributed by atoms with Gasteiger partial charge in [0, 0.05) is 18.7 Å². The molecule has 0 saturated heterocycles. The molecule has 0 spiro atoms. The number of rotatable bonds is 4. The molecule has 0 saturated carbocycles. The zero-order valence-corrected chi connectivity index (χ0v) is 11.9. The Morgan fingerprint density at radius 1 is 1.26 bits per heavy atom. The van der Waals surface area contributed by atoms with Gasteiger partial charge in [0.25, 0.3) is 0 Å². The standard InChI is InChI=1S/C14H20N5/c1-5-17(2)13-9-7-6-8-12(13)15-16-14-18(3)10-11-19(14)4/h6-11H,5H2,1-4H3/q+1. The molecule has 5 heteroatoms. The van der Waals surface area contributed by atoms with Crippen LogP contribution in [0.5, 0.6) is 0 Å². The molecule has 1 aromatic carbocycles. The molecule has 2 aromatic rings. The van der Waals surface area contributed by atoms with Crippen molar-refractivity contribution in [2.75, 3.05) is 18.5 Å². The van der Waals surface area contributed by atoms with Gasteiger partial charge in [-0.05, 0) is 19.1 Å². The molecule has 0 aliphatic carbocycles. The molecular weight excluding hydrogens is 238 g/mol. The van der Waals surface area contributed by atoms with Crippen LogP contribution < -0.4 is 9.47 Å². The Morgan fingerprint density at radius 2 is 2.00 bits per heavy atom. The number of aryl methyl sites for hydroxylation is 2. The fraction of sp³-hybridized carbons (Fsp3) is 0.357. The van der Waals surface area contributed by atoms with Gasteiger partial charge >= 0.3 is 5.95 Å². The average molecular weight is 258 g/mol. The first-order valence-corrected chi connectivity index (χ1v) is 6.36. The number of hydrogen-bond donors (Lipinski definition) is 0. The number of hydrogen-bond acceptors (Lipinski definition) is 3. The van der Waals surface area contributed by atoms with E-state index in [4.69, 9.17) is 0 Å². The molecule has 1 heterocycles. The fourth-order valence-corrected chi connectivity index (χ4v) is 1.86. The highest BCUT2D eigenvalue weighted by molar-refractivity contribution is 5.66. The smallest absolute Gasteiger partial charge is 0.373 e. The second-order valence-corrected chi connectivity index (χ2v) is 4.52. The number of benzene rings is 1. The van der Waals surface area contributed by atoms with Crippen molar-refractivity contribution in [2.24, 2.45) is 24.3 Å². The molecule has 19 heavy (non-hydrogen) atoms. The number of aromatic nitrogens is 2. The number of nitrogens with zero attached hydrogens (tertiary/aromatic N) is 5. The summed E-state index contributed by atoms with van der Waals surface area (Å²) >= 11 is 0. The van der Waals surface area contributed by atoms with E-state index < -0.39 is 0 Å². The van der Waals surface area contributed by atoms with Crippen molar-refractivity contribution >= 4 is 17.3 Å². The molecule has 0 atom stereocenters. The minimum atomic E-state index is 0.814. The molecule has 0 aliphatic rings. The quantitative estimate of drug-likeness (QED) is 0.613. The van der Waals surface area contributed by atoms with Gasteiger partial charge in [-0.3, -0.25) is 0 Å². The van der Waals surface area contributed by atoms with E-state index in [9.17, 15) is 0 Å². The van der Waals surface area contributed by atoms with Crippen LogP contribution in [0.2, 0.25) is 0 Å². The Labute approximate surface area is 113 Å². The van der Waals surface area contributed by atoms with Crippen molar-refractivity contribution < 1.29 is 4.57 Å². The Hall–Kier alpha value is -2.17. The molecule has 2 rings (SSSR count). The van der Waals surface area contributed by atoms with Gasteiger partial charge in [-0.15, -0.1) is 0 Å². The van der Waals surface area contributed by atoms with Gasteiger partial charge in [-0.1, -0.05) is 17.2 Å². The number of imidazole rings is 1. The summed E-state index contributed by atoms with van der Waals surface area (Å²) in [7, 11) is 5.97. The van der Waals surface area contributed by atoms with Gasteiger partial charge in [-0.2, -0.15) is 0 Å². The summed E-state index contributed by atoms with van der Waals surface area (Å²) in [5.74, 6) is 0.814. The highest BCUT2D eigenvalue weighted by atomic mass is 15.3. The monoisotopic (exact) mass is 258 g/mol. The maximum Gasteiger partial charge on any atom is 0.421 e. The largest absolute Gasteiger partial charge is 0.421 e. The van der Waals surface area contributed by atoms with E-state index in [0.29, 0.717) is 0 Å². The molecule has 0 amide bonds. The minimum absolute atomic E-state index is 0.814. The third-order valence-electron chi connectivity index (χ3n) is 3.16. The minimum Gasteiger partial charge on any atom is -0.373 e. The lowest BCUT2D eigenvalue weighted by Gasteiger charge is -2.17. The van der Waals surface area contributed by atoms with Crippen molar-refractivity contribution in [3.05, 3.63) is 36.7 Å². The fourth-order valence-electron chi connectivity index (χ4n) is 1.86. The van der Waals surface area contributed by atoms with Crippen molar-refractivity contribution in [2.45, 2.75) is 6.92 Å². The van der Waals surface area contributed by atoms with Crippen LogP contribution in [0.4, 0.5) is 17.3 Å². The number of para-hydroxylation sites is 1. The Morgan fingerprint density at radius 3 is 2.63 bits per heavy atom. The van der Waals surface area contributed by atoms with Crippen molar-refractivity contribution in [1.29, 1.82) is 0 Å². The van der Waals surface area contributed by atoms with Crippen molar-refractivity contribution in [3.63, 3.8) is 0 Å². The van der Waals surface area contributed by atoms with E-state index >= 15 is 0 Å². The van der Waals surface area contributed by atoms with E-state index in [-0.39, 0.29) is 0 Å². The van der Waals surface area contributed by atoms with Gasteiger partial charge in [0.15, 0.2) is 0 Å². The Kier molecular flexibility index (Phi) is 3.94. The summed E-state index contributed by atoms with van der Waals surface area (Å²) in [6.45, 7) is 3.05. The lowest BCUT2D eigenvalue weighted by Crippen LogP contribution is -2.25. The molecule has 5 nitrogen and oxygen atoms in total. The molecule has 0 fully saturated rings. The summed E-state index contributed by atoms with van der Waals surface area (Å²) in [6.07, 6.45) is 3.91. The van der Waals surface area contributed by atoms with E-state index in [0.717, 1.165) is 23.9 Å². The zero-order valence-electron chi connectivity index (χ0n) is 11.9. The van der Waals surface area contributed by atoms with Gasteiger partial charge in [-0.25, -0.2) is 9.13 Å². The number of anilines is 1. The van der Waals surface area contributed by atoms with Crippen LogP contribution >= 0.6 is 0 Å². The summed E-state index contributed by atoms with van der Waals surface area (Å²) in [6, 6.07) is 8.03. The maximum atomic E-state index is 4.38. The van der Waals surface area contributed by atoms with Crippen LogP contribution in [0.25, 0.3) is 0 Å². The van der Waals surface area contributed by atoms with E-state index in [1.54, 1.807) is 0 Å². The second kappa shape index (κ2) is 5.65. The van der Waals surface area contributed by atoms with Crippen LogP contribution in [0.15, 0.2) is 46.9 Å². The number of azo groups is 1. The molecule has 0 unspecified atom stereocenters. The van der Waals surface area contributed by atoms with Gasteiger partial charge in [0.05, 0.1) is 32.2 Å². The first kappa shape index (κ1) is 13.3. The first-order chi connectivity index (χ1) is 9.13. The first-order valence-electron chi connectivity index (χ1n) is 6.36. The highest BCUT2D eigenvalue weighted by Crippen LogP contribution is 2.28. The second-order valence-electron chi connectivity index (χ2n) is 4.52. The summed E-state index contributed by atoms with van der Waals surface area (Å²) in [4.78, 5) is 2.15. The average Bonchev–Trinajstić information content (AvgIpc) is 2.75. The van der Waals surface area contributed by atoms with Crippen LogP contribution in [0, 0.1) is 0 Å². The third-order valence-corrected chi connectivity index (χ3v) is 3.16. The third kappa shape index (κ3) is 2.81. The molecular formula is C14H20N5+. The van der Waals surface area contributed by atoms with Crippen molar-refractivity contribution in [3.8, 4) is 0 Å². The summed E-state index contributed by atoms with van der Waals surface area (Å²) < 4.78 is 3.88.